The Morgan fingerprint density at radius 1 is 1.28 bits per heavy atom. The molecule has 0 bridgehead atoms. The lowest BCUT2D eigenvalue weighted by molar-refractivity contribution is -0.140. The number of halogens is 1. The predicted octanol–water partition coefficient (Wildman–Crippen LogP) is 2.57. The molecule has 0 aromatic heterocycles. The minimum Gasteiger partial charge on any atom is -0.492 e. The molecule has 0 radical (unpaired) electrons. The largest absolute Gasteiger partial charge is 0.492 e. The Labute approximate surface area is 155 Å². The molecule has 1 fully saturated rings. The van der Waals surface area contributed by atoms with Gasteiger partial charge >= 0.3 is 0 Å². The first-order chi connectivity index (χ1) is 11.7. The Bertz CT molecular complexity index is 551. The van der Waals surface area contributed by atoms with Crippen LogP contribution in [0.1, 0.15) is 39.0 Å². The van der Waals surface area contributed by atoms with Gasteiger partial charge in [-0.2, -0.15) is 0 Å². The van der Waals surface area contributed by atoms with Crippen LogP contribution in [-0.2, 0) is 9.59 Å². The first kappa shape index (κ1) is 21.3. The second kappa shape index (κ2) is 10.9. The third kappa shape index (κ3) is 6.21. The van der Waals surface area contributed by atoms with Crippen molar-refractivity contribution in [2.45, 2.75) is 45.1 Å². The number of nitrogens with one attached hydrogen (secondary N) is 1. The number of hydrogen-bond acceptors (Lipinski definition) is 4. The predicted molar refractivity (Wildman–Crippen MR) is 101 cm³/mol. The highest BCUT2D eigenvalue weighted by Crippen LogP contribution is 2.21. The van der Waals surface area contributed by atoms with E-state index in [9.17, 15) is 9.59 Å². The zero-order valence-electron chi connectivity index (χ0n) is 14.7. The highest BCUT2D eigenvalue weighted by molar-refractivity contribution is 5.97. The van der Waals surface area contributed by atoms with E-state index in [1.54, 1.807) is 29.2 Å². The number of ether oxygens (including phenoxy) is 1. The third-order valence-corrected chi connectivity index (χ3v) is 4.10. The fourth-order valence-corrected chi connectivity index (χ4v) is 2.90. The number of carbonyl (C=O) groups excluding carboxylic acids is 2. The maximum atomic E-state index is 12.6. The van der Waals surface area contributed by atoms with Crippen LogP contribution in [0.4, 0.5) is 5.69 Å². The van der Waals surface area contributed by atoms with Crippen LogP contribution >= 0.6 is 12.4 Å². The molecule has 3 N–H and O–H groups in total. The van der Waals surface area contributed by atoms with Crippen molar-refractivity contribution in [3.63, 3.8) is 0 Å². The van der Waals surface area contributed by atoms with Gasteiger partial charge in [0.1, 0.15) is 18.4 Å². The summed E-state index contributed by atoms with van der Waals surface area (Å²) in [5.41, 5.74) is 6.10. The molecular formula is C18H28ClN3O3. The molecule has 1 aromatic carbocycles. The van der Waals surface area contributed by atoms with E-state index in [1.165, 1.54) is 0 Å². The van der Waals surface area contributed by atoms with Crippen molar-refractivity contribution in [2.24, 2.45) is 5.73 Å². The standard InChI is InChI=1S/C18H27N3O3.ClH/c1-2-5-17(22)21-12-4-3-6-16(21)18(23)20-14-7-9-15(10-8-14)24-13-11-19;/h7-10,16H,2-6,11-13,19H2,1H3,(H,20,23);1H. The van der Waals surface area contributed by atoms with Gasteiger partial charge in [0, 0.05) is 25.2 Å². The highest BCUT2D eigenvalue weighted by Gasteiger charge is 2.31. The van der Waals surface area contributed by atoms with Crippen molar-refractivity contribution in [2.75, 3.05) is 25.0 Å². The van der Waals surface area contributed by atoms with Crippen LogP contribution in [-0.4, -0.2) is 42.5 Å². The second-order valence-electron chi connectivity index (χ2n) is 6.00. The number of anilines is 1. The van der Waals surface area contributed by atoms with Crippen LogP contribution < -0.4 is 15.8 Å². The molecule has 0 aliphatic carbocycles. The summed E-state index contributed by atoms with van der Waals surface area (Å²) in [6, 6.07) is 6.82. The van der Waals surface area contributed by atoms with Crippen molar-refractivity contribution in [1.29, 1.82) is 0 Å². The van der Waals surface area contributed by atoms with Gasteiger partial charge in [0.2, 0.25) is 11.8 Å². The lowest BCUT2D eigenvalue weighted by atomic mass is 10.0. The van der Waals surface area contributed by atoms with E-state index in [2.05, 4.69) is 5.32 Å². The molecule has 1 heterocycles. The molecule has 0 spiro atoms. The first-order valence-electron chi connectivity index (χ1n) is 8.69. The van der Waals surface area contributed by atoms with E-state index in [4.69, 9.17) is 10.5 Å². The Balaban J connectivity index is 0.00000312. The summed E-state index contributed by atoms with van der Waals surface area (Å²) in [4.78, 5) is 26.6. The minimum atomic E-state index is -0.369. The van der Waals surface area contributed by atoms with Gasteiger partial charge in [0.05, 0.1) is 0 Å². The Morgan fingerprint density at radius 2 is 2.00 bits per heavy atom. The van der Waals surface area contributed by atoms with E-state index in [-0.39, 0.29) is 30.3 Å². The topological polar surface area (TPSA) is 84.7 Å². The lowest BCUT2D eigenvalue weighted by Gasteiger charge is -2.34. The summed E-state index contributed by atoms with van der Waals surface area (Å²) < 4.78 is 5.42. The van der Waals surface area contributed by atoms with Crippen LogP contribution in [0.2, 0.25) is 0 Å². The third-order valence-electron chi connectivity index (χ3n) is 4.10. The molecule has 6 nitrogen and oxygen atoms in total. The fraction of sp³-hybridized carbons (Fsp3) is 0.556. The SMILES string of the molecule is CCCC(=O)N1CCCCC1C(=O)Nc1ccc(OCCN)cc1.Cl. The average Bonchev–Trinajstić information content (AvgIpc) is 2.61. The molecular weight excluding hydrogens is 342 g/mol. The molecule has 7 heteroatoms. The second-order valence-corrected chi connectivity index (χ2v) is 6.00. The number of nitrogens with two attached hydrogens (primary N) is 1. The zero-order chi connectivity index (χ0) is 17.4. The molecule has 0 saturated carbocycles. The molecule has 2 rings (SSSR count). The van der Waals surface area contributed by atoms with Gasteiger partial charge in [-0.1, -0.05) is 6.92 Å². The van der Waals surface area contributed by atoms with Crippen LogP contribution in [0.25, 0.3) is 0 Å². The lowest BCUT2D eigenvalue weighted by Crippen LogP contribution is -2.49. The van der Waals surface area contributed by atoms with Crippen molar-refractivity contribution in [1.82, 2.24) is 4.90 Å². The van der Waals surface area contributed by atoms with E-state index in [0.717, 1.165) is 31.4 Å². The minimum absolute atomic E-state index is 0. The van der Waals surface area contributed by atoms with Gasteiger partial charge < -0.3 is 20.7 Å². The number of carbonyl (C=O) groups is 2. The van der Waals surface area contributed by atoms with Crippen LogP contribution in [0.3, 0.4) is 0 Å². The van der Waals surface area contributed by atoms with Crippen molar-refractivity contribution in [3.8, 4) is 5.75 Å². The molecule has 2 amide bonds. The van der Waals surface area contributed by atoms with Crippen molar-refractivity contribution in [3.05, 3.63) is 24.3 Å². The molecule has 1 unspecified atom stereocenters. The summed E-state index contributed by atoms with van der Waals surface area (Å²) in [5, 5.41) is 2.91. The molecule has 1 atom stereocenters. The average molecular weight is 370 g/mol. The molecule has 1 aromatic rings. The monoisotopic (exact) mass is 369 g/mol. The van der Waals surface area contributed by atoms with Gasteiger partial charge in [-0.05, 0) is 49.9 Å². The van der Waals surface area contributed by atoms with Gasteiger partial charge in [-0.15, -0.1) is 12.4 Å². The summed E-state index contributed by atoms with van der Waals surface area (Å²) >= 11 is 0. The Hall–Kier alpha value is -1.79. The summed E-state index contributed by atoms with van der Waals surface area (Å²) in [6.07, 6.45) is 3.95. The first-order valence-corrected chi connectivity index (χ1v) is 8.69. The quantitative estimate of drug-likeness (QED) is 0.773. The fourth-order valence-electron chi connectivity index (χ4n) is 2.90. The smallest absolute Gasteiger partial charge is 0.247 e. The van der Waals surface area contributed by atoms with Crippen molar-refractivity contribution < 1.29 is 14.3 Å². The number of piperidine rings is 1. The van der Waals surface area contributed by atoms with Gasteiger partial charge in [-0.25, -0.2) is 0 Å². The normalized spacial score (nSPS) is 16.7. The maximum Gasteiger partial charge on any atom is 0.247 e. The van der Waals surface area contributed by atoms with E-state index in [0.29, 0.717) is 31.8 Å². The number of benzene rings is 1. The number of nitrogens with zero attached hydrogens (tertiary/aromatic N) is 1. The Morgan fingerprint density at radius 3 is 2.64 bits per heavy atom. The summed E-state index contributed by atoms with van der Waals surface area (Å²) in [6.45, 7) is 3.57. The van der Waals surface area contributed by atoms with Gasteiger partial charge in [-0.3, -0.25) is 9.59 Å². The Kier molecular flexibility index (Phi) is 9.31. The number of amides is 2. The maximum absolute atomic E-state index is 12.6. The molecule has 140 valence electrons. The van der Waals surface area contributed by atoms with Gasteiger partial charge in [0.25, 0.3) is 0 Å². The van der Waals surface area contributed by atoms with Crippen molar-refractivity contribution >= 4 is 29.9 Å². The van der Waals surface area contributed by atoms with Gasteiger partial charge in [0.15, 0.2) is 0 Å². The van der Waals surface area contributed by atoms with E-state index < -0.39 is 0 Å². The molecule has 1 aliphatic rings. The van der Waals surface area contributed by atoms with Crippen LogP contribution in [0.15, 0.2) is 24.3 Å². The highest BCUT2D eigenvalue weighted by atomic mass is 35.5. The molecule has 1 saturated heterocycles. The van der Waals surface area contributed by atoms with E-state index in [1.807, 2.05) is 6.92 Å². The number of hydrogen-bond donors (Lipinski definition) is 2. The van der Waals surface area contributed by atoms with E-state index >= 15 is 0 Å². The molecule has 25 heavy (non-hydrogen) atoms. The number of rotatable bonds is 7. The summed E-state index contributed by atoms with van der Waals surface area (Å²) in [5.74, 6) is 0.675. The summed E-state index contributed by atoms with van der Waals surface area (Å²) in [7, 11) is 0. The van der Waals surface area contributed by atoms with Crippen LogP contribution in [0.5, 0.6) is 5.75 Å². The van der Waals surface area contributed by atoms with Crippen LogP contribution in [0, 0.1) is 0 Å². The molecule has 1 aliphatic heterocycles. The zero-order valence-corrected chi connectivity index (χ0v) is 15.5. The number of likely N-dealkylation sites (tertiary alicyclic amines) is 1.